The van der Waals surface area contributed by atoms with Crippen LogP contribution in [0, 0.1) is 35.3 Å². The average molecular weight is 819 g/mol. The number of carbonyl (C=O) groups excluding carboxylic acids is 2. The van der Waals surface area contributed by atoms with Gasteiger partial charge in [0.2, 0.25) is 5.60 Å². The third-order valence-corrected chi connectivity index (χ3v) is 11.1. The molecule has 5 heterocycles. The van der Waals surface area contributed by atoms with Crippen LogP contribution in [0.4, 0.5) is 22.7 Å². The van der Waals surface area contributed by atoms with Crippen LogP contribution in [0.2, 0.25) is 0 Å². The molecule has 0 unspecified atom stereocenters. The van der Waals surface area contributed by atoms with Crippen molar-refractivity contribution in [3.05, 3.63) is 127 Å². The third kappa shape index (κ3) is 5.13. The fourth-order valence-corrected chi connectivity index (χ4v) is 8.48. The number of nitro benzene ring substituents is 3. The molecular weight excluding hydrogens is 792 g/mol. The molecule has 2 aromatic heterocycles. The van der Waals surface area contributed by atoms with Crippen LogP contribution < -0.4 is 5.56 Å². The van der Waals surface area contributed by atoms with Crippen molar-refractivity contribution in [1.29, 1.82) is 0 Å². The molecule has 0 bridgehead atoms. The van der Waals surface area contributed by atoms with Crippen molar-refractivity contribution in [2.75, 3.05) is 14.1 Å². The van der Waals surface area contributed by atoms with Crippen LogP contribution in [-0.4, -0.2) is 66.1 Å². The van der Waals surface area contributed by atoms with Crippen LogP contribution in [0.3, 0.4) is 0 Å². The van der Waals surface area contributed by atoms with E-state index in [1.54, 1.807) is 6.07 Å². The summed E-state index contributed by atoms with van der Waals surface area (Å²) in [7, 11) is 3.69. The molecule has 2 atom stereocenters. The first-order valence-corrected chi connectivity index (χ1v) is 18.0. The molecule has 3 aromatic carbocycles. The molecule has 0 amide bonds. The van der Waals surface area contributed by atoms with Crippen LogP contribution >= 0.6 is 0 Å². The van der Waals surface area contributed by atoms with E-state index in [-0.39, 0.29) is 46.7 Å². The SMILES string of the molecule is CC[C@@]1(OC(=O)[C@@H]2ON=C3c4cc([N+](=O)[O-])cc(N=O)c4-c4c([N+](=O)[O-])cc([N+](=O)[O-])c2c43)C(=O)OCc2c1cc1n(c2=O)Cc2cc3c(CN(C)C)c(O)ccc3nc2-1. The zero-order valence-electron chi connectivity index (χ0n) is 31.3. The molecule has 1 N–H and O–H groups in total. The highest BCUT2D eigenvalue weighted by atomic mass is 16.7. The Morgan fingerprint density at radius 1 is 1.03 bits per heavy atom. The van der Waals surface area contributed by atoms with Crippen LogP contribution in [-0.2, 0) is 49.2 Å². The van der Waals surface area contributed by atoms with E-state index in [0.717, 1.165) is 12.1 Å². The number of nitroso groups, excluding NO2 is 1. The van der Waals surface area contributed by atoms with E-state index in [1.165, 1.54) is 23.6 Å². The maximum Gasteiger partial charge on any atom is 0.356 e. The minimum absolute atomic E-state index is 0.0330. The number of aromatic hydroxyl groups is 1. The summed E-state index contributed by atoms with van der Waals surface area (Å²) >= 11 is 0. The number of nitro groups is 3. The molecule has 0 fully saturated rings. The number of benzene rings is 3. The molecule has 1 aliphatic carbocycles. The normalized spacial score (nSPS) is 17.7. The van der Waals surface area contributed by atoms with Gasteiger partial charge in [-0.3, -0.25) is 35.1 Å². The first-order valence-electron chi connectivity index (χ1n) is 18.0. The van der Waals surface area contributed by atoms with E-state index in [2.05, 4.69) is 10.3 Å². The van der Waals surface area contributed by atoms with Crippen LogP contribution in [0.5, 0.6) is 5.75 Å². The molecule has 0 saturated carbocycles. The van der Waals surface area contributed by atoms with Gasteiger partial charge in [-0.1, -0.05) is 12.1 Å². The number of non-ortho nitro benzene ring substituents is 1. The fourth-order valence-electron chi connectivity index (χ4n) is 8.48. The van der Waals surface area contributed by atoms with Crippen molar-refractivity contribution >= 4 is 51.3 Å². The van der Waals surface area contributed by atoms with Gasteiger partial charge in [0, 0.05) is 57.4 Å². The lowest BCUT2D eigenvalue weighted by molar-refractivity contribution is -0.394. The summed E-state index contributed by atoms with van der Waals surface area (Å²) < 4.78 is 12.8. The molecule has 22 heteroatoms. The Morgan fingerprint density at radius 2 is 1.78 bits per heavy atom. The largest absolute Gasteiger partial charge is 0.508 e. The number of phenols is 1. The Morgan fingerprint density at radius 3 is 2.45 bits per heavy atom. The number of oxime groups is 1. The number of esters is 2. The lowest BCUT2D eigenvalue weighted by Gasteiger charge is -2.36. The summed E-state index contributed by atoms with van der Waals surface area (Å²) in [5.41, 5.74) is -6.29. The highest BCUT2D eigenvalue weighted by Crippen LogP contribution is 2.55. The van der Waals surface area contributed by atoms with Gasteiger partial charge in [-0.25, -0.2) is 14.6 Å². The summed E-state index contributed by atoms with van der Waals surface area (Å²) in [6.45, 7) is 1.44. The van der Waals surface area contributed by atoms with E-state index < -0.39 is 95.7 Å². The van der Waals surface area contributed by atoms with Crippen molar-refractivity contribution in [1.82, 2.24) is 14.5 Å². The number of ether oxygens (including phenoxy) is 2. The fraction of sp³-hybridized carbons (Fsp3) is 0.237. The predicted molar refractivity (Wildman–Crippen MR) is 204 cm³/mol. The molecule has 60 heavy (non-hydrogen) atoms. The molecule has 9 rings (SSSR count). The van der Waals surface area contributed by atoms with Crippen molar-refractivity contribution in [2.24, 2.45) is 10.3 Å². The lowest BCUT2D eigenvalue weighted by Crippen LogP contribution is -2.48. The predicted octanol–water partition coefficient (Wildman–Crippen LogP) is 5.02. The van der Waals surface area contributed by atoms with E-state index >= 15 is 0 Å². The van der Waals surface area contributed by atoms with Gasteiger partial charge < -0.3 is 28.9 Å². The summed E-state index contributed by atoms with van der Waals surface area (Å²) in [5, 5.41) is 54.8. The van der Waals surface area contributed by atoms with Crippen LogP contribution in [0.25, 0.3) is 33.4 Å². The zero-order valence-corrected chi connectivity index (χ0v) is 31.3. The van der Waals surface area contributed by atoms with E-state index in [4.69, 9.17) is 19.3 Å². The molecule has 0 spiro atoms. The Kier molecular flexibility index (Phi) is 8.14. The number of hydrogen-bond acceptors (Lipinski definition) is 18. The smallest absolute Gasteiger partial charge is 0.356 e. The topological polar surface area (TPSA) is 291 Å². The third-order valence-electron chi connectivity index (χ3n) is 11.1. The maximum absolute atomic E-state index is 14.5. The first-order chi connectivity index (χ1) is 28.6. The highest BCUT2D eigenvalue weighted by Gasteiger charge is 2.54. The summed E-state index contributed by atoms with van der Waals surface area (Å²) in [4.78, 5) is 101. The number of rotatable bonds is 9. The van der Waals surface area contributed by atoms with Crippen LogP contribution in [0.1, 0.15) is 58.4 Å². The number of fused-ring (bicyclic) bond motifs is 8. The van der Waals surface area contributed by atoms with Gasteiger partial charge in [0.05, 0.1) is 61.0 Å². The van der Waals surface area contributed by atoms with Crippen molar-refractivity contribution in [3.8, 4) is 28.3 Å². The summed E-state index contributed by atoms with van der Waals surface area (Å²) in [6, 6.07) is 8.67. The van der Waals surface area contributed by atoms with Gasteiger partial charge >= 0.3 is 11.9 Å². The Hall–Kier alpha value is -8.01. The van der Waals surface area contributed by atoms with Gasteiger partial charge in [-0.15, -0.1) is 4.91 Å². The van der Waals surface area contributed by atoms with Gasteiger partial charge in [0.15, 0.2) is 0 Å². The monoisotopic (exact) mass is 818 g/mol. The standard InChI is InChI=1S/C38H26N8O14/c1-4-38(21-10-26-32-15(12-43(26)35(48)20(21)14-58-37(38)50)7-17-19(13-42(2)3)27(47)6-5-22(17)39-32)59-36(49)34-30-25(46(56)57)11-24(45(54)55)29-28-18(33(31(29)30)41-60-34)8-16(44(52)53)9-23(28)40-51/h5-11,34,47H,4,12-14H2,1-3H3/t34-,38+/m1/s1. The number of cyclic esters (lactones) is 1. The minimum atomic E-state index is -2.35. The number of nitrogens with zero attached hydrogens (tertiary/aromatic N) is 8. The van der Waals surface area contributed by atoms with Gasteiger partial charge in [-0.2, -0.15) is 0 Å². The second-order valence-electron chi connectivity index (χ2n) is 14.6. The van der Waals surface area contributed by atoms with Gasteiger partial charge in [0.25, 0.3) is 28.7 Å². The number of pyridine rings is 2. The van der Waals surface area contributed by atoms with Gasteiger partial charge in [0.1, 0.15) is 23.8 Å². The molecule has 302 valence electrons. The molecule has 0 saturated heterocycles. The number of aromatic nitrogens is 2. The first kappa shape index (κ1) is 37.6. The quantitative estimate of drug-likeness (QED) is 0.0865. The Balaban J connectivity index is 1.18. The second kappa shape index (κ2) is 13.0. The highest BCUT2D eigenvalue weighted by molar-refractivity contribution is 6.29. The van der Waals surface area contributed by atoms with Gasteiger partial charge in [-0.05, 0) is 50.0 Å². The molecule has 3 aliphatic heterocycles. The molecule has 22 nitrogen and oxygen atoms in total. The number of hydrogen-bond donors (Lipinski definition) is 1. The number of carbonyl (C=O) groups is 2. The molecule has 0 radical (unpaired) electrons. The lowest BCUT2D eigenvalue weighted by atomic mass is 9.85. The molecule has 5 aromatic rings. The molecule has 4 aliphatic rings. The van der Waals surface area contributed by atoms with Crippen molar-refractivity contribution in [3.63, 3.8) is 0 Å². The summed E-state index contributed by atoms with van der Waals surface area (Å²) in [6.07, 6.45) is -2.52. The molecular formula is C38H26N8O14. The van der Waals surface area contributed by atoms with E-state index in [9.17, 15) is 54.7 Å². The van der Waals surface area contributed by atoms with E-state index in [1.807, 2.05) is 25.1 Å². The average Bonchev–Trinajstić information content (AvgIpc) is 3.75. The number of phenolic OH excluding ortho intramolecular Hbond substituents is 1. The zero-order chi connectivity index (χ0) is 42.7. The maximum atomic E-state index is 14.5. The summed E-state index contributed by atoms with van der Waals surface area (Å²) in [5.74, 6) is -2.48. The minimum Gasteiger partial charge on any atom is -0.508 e. The Labute approximate surface area is 333 Å². The van der Waals surface area contributed by atoms with Crippen molar-refractivity contribution in [2.45, 2.75) is 44.7 Å². The Bertz CT molecular complexity index is 3010. The van der Waals surface area contributed by atoms with Crippen molar-refractivity contribution < 1.29 is 43.8 Å². The van der Waals surface area contributed by atoms with E-state index in [0.29, 0.717) is 40.3 Å². The van der Waals surface area contributed by atoms with Crippen LogP contribution in [0.15, 0.2) is 57.6 Å². The second-order valence-corrected chi connectivity index (χ2v) is 14.6.